The first-order valence-electron chi connectivity index (χ1n) is 8.23. The molecule has 3 rings (SSSR count). The number of nitrogens with zero attached hydrogens (tertiary/aromatic N) is 3. The van der Waals surface area contributed by atoms with Crippen molar-refractivity contribution in [2.45, 2.75) is 0 Å². The van der Waals surface area contributed by atoms with Gasteiger partial charge in [0.25, 0.3) is 0 Å². The fraction of sp³-hybridized carbons (Fsp3) is 0.150. The second-order valence-corrected chi connectivity index (χ2v) is 5.56. The van der Waals surface area contributed by atoms with E-state index in [1.807, 2.05) is 48.5 Å². The van der Waals surface area contributed by atoms with Crippen molar-refractivity contribution >= 4 is 17.5 Å². The summed E-state index contributed by atoms with van der Waals surface area (Å²) in [6.07, 6.45) is 0. The molecule has 0 saturated carbocycles. The van der Waals surface area contributed by atoms with E-state index in [1.54, 1.807) is 19.2 Å². The Hall–Kier alpha value is -3.43. The Balaban J connectivity index is 1.89. The minimum atomic E-state index is 0.527. The molecule has 26 heavy (non-hydrogen) atoms. The van der Waals surface area contributed by atoms with Crippen molar-refractivity contribution in [1.29, 1.82) is 5.26 Å². The van der Waals surface area contributed by atoms with Crippen LogP contribution in [0.15, 0.2) is 60.7 Å². The third kappa shape index (κ3) is 4.56. The zero-order valence-corrected chi connectivity index (χ0v) is 14.4. The summed E-state index contributed by atoms with van der Waals surface area (Å²) in [4.78, 5) is 9.10. The summed E-state index contributed by atoms with van der Waals surface area (Å²) >= 11 is 0. The molecule has 1 aromatic heterocycles. The summed E-state index contributed by atoms with van der Waals surface area (Å²) < 4.78 is 5.07. The van der Waals surface area contributed by atoms with E-state index in [1.165, 1.54) is 0 Å². The van der Waals surface area contributed by atoms with Gasteiger partial charge in [0.05, 0.1) is 23.9 Å². The number of hydrogen-bond acceptors (Lipinski definition) is 6. The predicted octanol–water partition coefficient (Wildman–Crippen LogP) is 3.82. The summed E-state index contributed by atoms with van der Waals surface area (Å²) in [6, 6.07) is 21.2. The highest BCUT2D eigenvalue weighted by atomic mass is 16.5. The molecule has 130 valence electrons. The molecule has 0 amide bonds. The van der Waals surface area contributed by atoms with Crippen molar-refractivity contribution < 1.29 is 4.74 Å². The quantitative estimate of drug-likeness (QED) is 0.634. The second-order valence-electron chi connectivity index (χ2n) is 5.56. The number of anilines is 3. The maximum atomic E-state index is 8.91. The molecular formula is C20H19N5O. The van der Waals surface area contributed by atoms with Crippen molar-refractivity contribution in [3.8, 4) is 17.3 Å². The molecule has 0 spiro atoms. The molecule has 2 aromatic carbocycles. The van der Waals surface area contributed by atoms with E-state index in [0.717, 1.165) is 16.9 Å². The van der Waals surface area contributed by atoms with Gasteiger partial charge >= 0.3 is 0 Å². The molecule has 3 aromatic rings. The van der Waals surface area contributed by atoms with Crippen molar-refractivity contribution in [2.75, 3.05) is 30.9 Å². The van der Waals surface area contributed by atoms with E-state index in [2.05, 4.69) is 26.7 Å². The van der Waals surface area contributed by atoms with Crippen LogP contribution < -0.4 is 10.6 Å². The molecule has 0 aliphatic heterocycles. The van der Waals surface area contributed by atoms with Gasteiger partial charge in [0.1, 0.15) is 5.82 Å². The number of nitriles is 1. The first kappa shape index (κ1) is 17.4. The Bertz CT molecular complexity index is 888. The topological polar surface area (TPSA) is 82.9 Å². The average molecular weight is 345 g/mol. The number of hydrogen-bond donors (Lipinski definition) is 2. The van der Waals surface area contributed by atoms with Gasteiger partial charge in [-0.2, -0.15) is 10.2 Å². The van der Waals surface area contributed by atoms with Gasteiger partial charge in [0.15, 0.2) is 0 Å². The minimum absolute atomic E-state index is 0.527. The predicted molar refractivity (Wildman–Crippen MR) is 102 cm³/mol. The maximum absolute atomic E-state index is 8.91. The third-order valence-electron chi connectivity index (χ3n) is 3.67. The third-order valence-corrected chi connectivity index (χ3v) is 3.67. The molecule has 0 atom stereocenters. The number of methoxy groups -OCH3 is 1. The SMILES string of the molecule is COCCNc1nc(Nc2ccc(C#N)cc2)cc(-c2ccccc2)n1. The number of aromatic nitrogens is 2. The molecule has 0 aliphatic carbocycles. The molecule has 0 aliphatic rings. The summed E-state index contributed by atoms with van der Waals surface area (Å²) in [7, 11) is 1.65. The van der Waals surface area contributed by atoms with Crippen molar-refractivity contribution in [2.24, 2.45) is 0 Å². The maximum Gasteiger partial charge on any atom is 0.225 e. The Morgan fingerprint density at radius 1 is 1.04 bits per heavy atom. The van der Waals surface area contributed by atoms with Gasteiger partial charge in [-0.25, -0.2) is 4.98 Å². The van der Waals surface area contributed by atoms with Gasteiger partial charge in [-0.3, -0.25) is 0 Å². The smallest absolute Gasteiger partial charge is 0.225 e. The van der Waals surface area contributed by atoms with Crippen molar-refractivity contribution in [3.63, 3.8) is 0 Å². The van der Waals surface area contributed by atoms with Crippen LogP contribution in [0.3, 0.4) is 0 Å². The van der Waals surface area contributed by atoms with Crippen LogP contribution in [0.1, 0.15) is 5.56 Å². The number of rotatable bonds is 7. The van der Waals surface area contributed by atoms with E-state index in [4.69, 9.17) is 10.00 Å². The second kappa shape index (κ2) is 8.60. The van der Waals surface area contributed by atoms with Crippen LogP contribution in [0.25, 0.3) is 11.3 Å². The summed E-state index contributed by atoms with van der Waals surface area (Å²) in [6.45, 7) is 1.18. The summed E-state index contributed by atoms with van der Waals surface area (Å²) in [5.74, 6) is 1.20. The minimum Gasteiger partial charge on any atom is -0.383 e. The van der Waals surface area contributed by atoms with Crippen LogP contribution in [0.5, 0.6) is 0 Å². The molecule has 6 heteroatoms. The first-order valence-corrected chi connectivity index (χ1v) is 8.23. The van der Waals surface area contributed by atoms with E-state index in [-0.39, 0.29) is 0 Å². The number of benzene rings is 2. The monoisotopic (exact) mass is 345 g/mol. The molecule has 2 N–H and O–H groups in total. The molecule has 1 heterocycles. The first-order chi connectivity index (χ1) is 12.8. The normalized spacial score (nSPS) is 10.2. The van der Waals surface area contributed by atoms with Crippen LogP contribution in [0.2, 0.25) is 0 Å². The lowest BCUT2D eigenvalue weighted by Crippen LogP contribution is -2.11. The van der Waals surface area contributed by atoms with Gasteiger partial charge in [0.2, 0.25) is 5.95 Å². The van der Waals surface area contributed by atoms with Crippen LogP contribution >= 0.6 is 0 Å². The summed E-state index contributed by atoms with van der Waals surface area (Å²) in [5, 5.41) is 15.3. The lowest BCUT2D eigenvalue weighted by Gasteiger charge is -2.11. The van der Waals surface area contributed by atoms with Gasteiger partial charge in [-0.15, -0.1) is 0 Å². The van der Waals surface area contributed by atoms with E-state index in [9.17, 15) is 0 Å². The zero-order valence-electron chi connectivity index (χ0n) is 14.4. The van der Waals surface area contributed by atoms with Crippen LogP contribution in [0.4, 0.5) is 17.5 Å². The van der Waals surface area contributed by atoms with Crippen LogP contribution in [-0.4, -0.2) is 30.2 Å². The fourth-order valence-electron chi connectivity index (χ4n) is 2.39. The Morgan fingerprint density at radius 3 is 2.50 bits per heavy atom. The summed E-state index contributed by atoms with van der Waals surface area (Å²) in [5.41, 5.74) is 3.29. The number of ether oxygens (including phenoxy) is 1. The van der Waals surface area contributed by atoms with E-state index < -0.39 is 0 Å². The fourth-order valence-corrected chi connectivity index (χ4v) is 2.39. The highest BCUT2D eigenvalue weighted by molar-refractivity contribution is 5.67. The Morgan fingerprint density at radius 2 is 1.81 bits per heavy atom. The van der Waals surface area contributed by atoms with Gasteiger partial charge < -0.3 is 15.4 Å². The molecule has 0 fully saturated rings. The van der Waals surface area contributed by atoms with Crippen LogP contribution in [0, 0.1) is 11.3 Å². The van der Waals surface area contributed by atoms with Gasteiger partial charge in [0, 0.05) is 31.0 Å². The standard InChI is InChI=1S/C20H19N5O/c1-26-12-11-22-20-24-18(16-5-3-2-4-6-16)13-19(25-20)23-17-9-7-15(14-21)8-10-17/h2-10,13H,11-12H2,1H3,(H2,22,23,24,25). The zero-order chi connectivity index (χ0) is 18.2. The van der Waals surface area contributed by atoms with E-state index >= 15 is 0 Å². The van der Waals surface area contributed by atoms with Crippen molar-refractivity contribution in [1.82, 2.24) is 9.97 Å². The Kier molecular flexibility index (Phi) is 5.76. The van der Waals surface area contributed by atoms with Gasteiger partial charge in [-0.05, 0) is 24.3 Å². The van der Waals surface area contributed by atoms with Crippen LogP contribution in [-0.2, 0) is 4.74 Å². The lowest BCUT2D eigenvalue weighted by atomic mass is 10.1. The highest BCUT2D eigenvalue weighted by Gasteiger charge is 2.07. The molecule has 6 nitrogen and oxygen atoms in total. The largest absolute Gasteiger partial charge is 0.383 e. The lowest BCUT2D eigenvalue weighted by molar-refractivity contribution is 0.210. The van der Waals surface area contributed by atoms with Gasteiger partial charge in [-0.1, -0.05) is 30.3 Å². The average Bonchev–Trinajstić information content (AvgIpc) is 2.69. The number of nitrogens with one attached hydrogen (secondary N) is 2. The Labute approximate surface area is 152 Å². The molecule has 0 radical (unpaired) electrons. The molecule has 0 saturated heterocycles. The molecular weight excluding hydrogens is 326 g/mol. The van der Waals surface area contributed by atoms with Crippen molar-refractivity contribution in [3.05, 3.63) is 66.2 Å². The van der Waals surface area contributed by atoms with E-state index in [0.29, 0.717) is 30.5 Å². The molecule has 0 bridgehead atoms. The highest BCUT2D eigenvalue weighted by Crippen LogP contribution is 2.23. The molecule has 0 unspecified atom stereocenters.